The number of hydrogen-bond acceptors (Lipinski definition) is 7. The summed E-state index contributed by atoms with van der Waals surface area (Å²) in [6, 6.07) is 5.14. The summed E-state index contributed by atoms with van der Waals surface area (Å²) in [6.45, 7) is 7.13. The summed E-state index contributed by atoms with van der Waals surface area (Å²) >= 11 is 0. The van der Waals surface area contributed by atoms with Crippen LogP contribution >= 0.6 is 0 Å². The Morgan fingerprint density at radius 1 is 1.42 bits per heavy atom. The third kappa shape index (κ3) is 4.26. The third-order valence-corrected chi connectivity index (χ3v) is 3.08. The number of nitrogens with two attached hydrogens (primary N) is 1. The lowest BCUT2D eigenvalue weighted by atomic mass is 10.1. The lowest BCUT2D eigenvalue weighted by Gasteiger charge is -2.17. The van der Waals surface area contributed by atoms with Crippen molar-refractivity contribution in [2.45, 2.75) is 19.4 Å². The summed E-state index contributed by atoms with van der Waals surface area (Å²) in [5, 5.41) is 15.6. The Morgan fingerprint density at radius 2 is 2.17 bits per heavy atom. The first kappa shape index (κ1) is 17.4. The molecule has 0 fully saturated rings. The van der Waals surface area contributed by atoms with Crippen LogP contribution in [0.25, 0.3) is 0 Å². The van der Waals surface area contributed by atoms with E-state index >= 15 is 0 Å². The van der Waals surface area contributed by atoms with Gasteiger partial charge < -0.3 is 21.5 Å². The predicted octanol–water partition coefficient (Wildman–Crippen LogP) is 1.34. The first-order valence-corrected chi connectivity index (χ1v) is 7.30. The van der Waals surface area contributed by atoms with Gasteiger partial charge >= 0.3 is 0 Å². The molecule has 2 aromatic rings. The van der Waals surface area contributed by atoms with E-state index in [9.17, 15) is 9.90 Å². The molecule has 0 radical (unpaired) electrons. The van der Waals surface area contributed by atoms with Crippen molar-refractivity contribution in [1.82, 2.24) is 20.3 Å². The highest BCUT2D eigenvalue weighted by molar-refractivity contribution is 5.99. The first-order valence-electron chi connectivity index (χ1n) is 7.30. The molecule has 0 bridgehead atoms. The molecule has 0 spiro atoms. The van der Waals surface area contributed by atoms with Gasteiger partial charge in [-0.2, -0.15) is 4.98 Å². The molecule has 2 heterocycles. The summed E-state index contributed by atoms with van der Waals surface area (Å²) in [5.41, 5.74) is 5.22. The molecule has 2 rings (SSSR count). The van der Waals surface area contributed by atoms with Crippen LogP contribution in [0, 0.1) is 0 Å². The third-order valence-electron chi connectivity index (χ3n) is 3.08. The Labute approximate surface area is 139 Å². The first-order chi connectivity index (χ1) is 11.3. The van der Waals surface area contributed by atoms with Gasteiger partial charge in [0.05, 0.1) is 5.69 Å². The van der Waals surface area contributed by atoms with Crippen molar-refractivity contribution < 1.29 is 9.90 Å². The maximum Gasteiger partial charge on any atom is 0.256 e. The standard InChI is InChI=1S/C16H20N6O2/c1-4-8-18-14(23)10-9-19-15(17)22-13(10)21-12-7-5-6-11(20-12)16(2,3)24/h4-7,9,24H,1,8H2,2-3H3,(H,18,23)(H3,17,19,20,21,22). The number of rotatable bonds is 6. The highest BCUT2D eigenvalue weighted by atomic mass is 16.3. The van der Waals surface area contributed by atoms with Crippen LogP contribution in [-0.4, -0.2) is 32.5 Å². The van der Waals surface area contributed by atoms with Gasteiger partial charge in [0.25, 0.3) is 5.91 Å². The van der Waals surface area contributed by atoms with Crippen LogP contribution in [0.5, 0.6) is 0 Å². The number of nitrogen functional groups attached to an aromatic ring is 1. The quantitative estimate of drug-likeness (QED) is 0.589. The van der Waals surface area contributed by atoms with Crippen LogP contribution in [0.15, 0.2) is 37.1 Å². The van der Waals surface area contributed by atoms with E-state index in [1.54, 1.807) is 38.1 Å². The van der Waals surface area contributed by atoms with Crippen LogP contribution in [0.4, 0.5) is 17.6 Å². The number of carbonyl (C=O) groups excluding carboxylic acids is 1. The molecule has 0 aliphatic heterocycles. The summed E-state index contributed by atoms with van der Waals surface area (Å²) in [6.07, 6.45) is 2.90. The van der Waals surface area contributed by atoms with Gasteiger partial charge in [-0.15, -0.1) is 6.58 Å². The number of amides is 1. The Bertz CT molecular complexity index is 754. The SMILES string of the molecule is C=CCNC(=O)c1cnc(N)nc1Nc1cccc(C(C)(C)O)n1. The average molecular weight is 328 g/mol. The van der Waals surface area contributed by atoms with Crippen molar-refractivity contribution in [2.75, 3.05) is 17.6 Å². The van der Waals surface area contributed by atoms with Gasteiger partial charge in [-0.3, -0.25) is 4.79 Å². The van der Waals surface area contributed by atoms with Crippen molar-refractivity contribution in [1.29, 1.82) is 0 Å². The monoisotopic (exact) mass is 328 g/mol. The molecule has 0 atom stereocenters. The summed E-state index contributed by atoms with van der Waals surface area (Å²) in [5.74, 6) is 0.308. The van der Waals surface area contributed by atoms with Gasteiger partial charge in [-0.05, 0) is 26.0 Å². The number of nitrogens with one attached hydrogen (secondary N) is 2. The zero-order chi connectivity index (χ0) is 17.7. The van der Waals surface area contributed by atoms with E-state index in [2.05, 4.69) is 32.2 Å². The van der Waals surface area contributed by atoms with Crippen molar-refractivity contribution in [2.24, 2.45) is 0 Å². The lowest BCUT2D eigenvalue weighted by Crippen LogP contribution is -2.25. The van der Waals surface area contributed by atoms with Gasteiger partial charge in [0.15, 0.2) is 0 Å². The summed E-state index contributed by atoms with van der Waals surface area (Å²) in [4.78, 5) is 24.4. The second kappa shape index (κ2) is 7.05. The molecule has 0 saturated carbocycles. The number of nitrogens with zero attached hydrogens (tertiary/aromatic N) is 3. The number of pyridine rings is 1. The van der Waals surface area contributed by atoms with E-state index in [0.29, 0.717) is 18.1 Å². The zero-order valence-electron chi connectivity index (χ0n) is 13.6. The Balaban J connectivity index is 2.34. The van der Waals surface area contributed by atoms with Gasteiger partial charge in [-0.1, -0.05) is 12.1 Å². The fourth-order valence-electron chi connectivity index (χ4n) is 1.88. The number of carbonyl (C=O) groups is 1. The molecule has 0 saturated heterocycles. The molecule has 8 heteroatoms. The maximum absolute atomic E-state index is 12.2. The highest BCUT2D eigenvalue weighted by Gasteiger charge is 2.19. The maximum atomic E-state index is 12.2. The molecule has 0 aliphatic rings. The highest BCUT2D eigenvalue weighted by Crippen LogP contribution is 2.22. The van der Waals surface area contributed by atoms with E-state index in [1.807, 2.05) is 0 Å². The Hall–Kier alpha value is -3.00. The molecular formula is C16H20N6O2. The second-order valence-corrected chi connectivity index (χ2v) is 5.58. The zero-order valence-corrected chi connectivity index (χ0v) is 13.6. The van der Waals surface area contributed by atoms with Crippen molar-refractivity contribution in [3.05, 3.63) is 48.3 Å². The van der Waals surface area contributed by atoms with Gasteiger partial charge in [0.1, 0.15) is 22.8 Å². The fourth-order valence-corrected chi connectivity index (χ4v) is 1.88. The van der Waals surface area contributed by atoms with Crippen molar-refractivity contribution in [3.63, 3.8) is 0 Å². The minimum absolute atomic E-state index is 0.0245. The topological polar surface area (TPSA) is 126 Å². The molecule has 126 valence electrons. The van der Waals surface area contributed by atoms with Crippen molar-refractivity contribution in [3.8, 4) is 0 Å². The molecule has 1 amide bonds. The van der Waals surface area contributed by atoms with Crippen LogP contribution in [0.1, 0.15) is 29.9 Å². The smallest absolute Gasteiger partial charge is 0.256 e. The fraction of sp³-hybridized carbons (Fsp3) is 0.250. The van der Waals surface area contributed by atoms with Crippen LogP contribution in [-0.2, 0) is 5.60 Å². The minimum Gasteiger partial charge on any atom is -0.384 e. The van der Waals surface area contributed by atoms with E-state index in [0.717, 1.165) is 0 Å². The summed E-state index contributed by atoms with van der Waals surface area (Å²) in [7, 11) is 0. The molecule has 0 aromatic carbocycles. The van der Waals surface area contributed by atoms with Crippen molar-refractivity contribution >= 4 is 23.5 Å². The predicted molar refractivity (Wildman–Crippen MR) is 91.7 cm³/mol. The van der Waals surface area contributed by atoms with E-state index in [4.69, 9.17) is 5.73 Å². The van der Waals surface area contributed by atoms with E-state index < -0.39 is 5.60 Å². The second-order valence-electron chi connectivity index (χ2n) is 5.58. The number of aromatic nitrogens is 3. The number of anilines is 3. The lowest BCUT2D eigenvalue weighted by molar-refractivity contribution is 0.0740. The number of hydrogen-bond donors (Lipinski definition) is 4. The van der Waals surface area contributed by atoms with E-state index in [-0.39, 0.29) is 23.2 Å². The van der Waals surface area contributed by atoms with Crippen LogP contribution < -0.4 is 16.4 Å². The van der Waals surface area contributed by atoms with Gasteiger partial charge in [0, 0.05) is 12.7 Å². The molecule has 0 unspecified atom stereocenters. The minimum atomic E-state index is -1.09. The van der Waals surface area contributed by atoms with Gasteiger partial charge in [-0.25, -0.2) is 9.97 Å². The Kier molecular flexibility index (Phi) is 5.10. The van der Waals surface area contributed by atoms with Crippen LogP contribution in [0.2, 0.25) is 0 Å². The molecule has 0 aliphatic carbocycles. The summed E-state index contributed by atoms with van der Waals surface area (Å²) < 4.78 is 0. The Morgan fingerprint density at radius 3 is 2.83 bits per heavy atom. The molecule has 8 nitrogen and oxygen atoms in total. The normalized spacial score (nSPS) is 11.0. The molecule has 24 heavy (non-hydrogen) atoms. The molecule has 5 N–H and O–H groups in total. The van der Waals surface area contributed by atoms with Crippen LogP contribution in [0.3, 0.4) is 0 Å². The van der Waals surface area contributed by atoms with Gasteiger partial charge in [0.2, 0.25) is 5.95 Å². The average Bonchev–Trinajstić information content (AvgIpc) is 2.52. The molecular weight excluding hydrogens is 308 g/mol. The largest absolute Gasteiger partial charge is 0.384 e. The number of aliphatic hydroxyl groups is 1. The molecule has 2 aromatic heterocycles. The van der Waals surface area contributed by atoms with E-state index in [1.165, 1.54) is 6.20 Å².